The Kier molecular flexibility index (Phi) is 6.18. The van der Waals surface area contributed by atoms with Crippen LogP contribution in [-0.4, -0.2) is 54.3 Å². The molecule has 2 heterocycles. The number of carbonyl (C=O) groups excluding carboxylic acids is 1. The van der Waals surface area contributed by atoms with E-state index in [1.165, 1.54) is 0 Å². The highest BCUT2D eigenvalue weighted by molar-refractivity contribution is 6.31. The molecule has 28 heavy (non-hydrogen) atoms. The number of nitrogens with zero attached hydrogens (tertiary/aromatic N) is 3. The van der Waals surface area contributed by atoms with Gasteiger partial charge in [-0.05, 0) is 45.4 Å². The quantitative estimate of drug-likeness (QED) is 0.795. The number of nitrogens with one attached hydrogen (secondary N) is 1. The lowest BCUT2D eigenvalue weighted by molar-refractivity contribution is 0.0240. The summed E-state index contributed by atoms with van der Waals surface area (Å²) in [6.07, 6.45) is 0.780. The number of hydrogen-bond acceptors (Lipinski definition) is 5. The fourth-order valence-corrected chi connectivity index (χ4v) is 3.41. The molecule has 7 heteroatoms. The second-order valence-electron chi connectivity index (χ2n) is 8.07. The standard InChI is InChI=1S/C21H29ClN4O2/c1-5-8-23-19-14-18(16-7-6-15(22)13-17(16)24-19)25-9-11-26(12-10-25)20(27)28-21(2,3)4/h6-7,13-14H,5,8-12H2,1-4H3,(H,23,24). The summed E-state index contributed by atoms with van der Waals surface area (Å²) in [5, 5.41) is 5.11. The number of carbonyl (C=O) groups is 1. The Hall–Kier alpha value is -2.21. The first-order valence-corrected chi connectivity index (χ1v) is 10.2. The van der Waals surface area contributed by atoms with Crippen molar-refractivity contribution in [2.75, 3.05) is 42.9 Å². The number of aromatic nitrogens is 1. The van der Waals surface area contributed by atoms with Gasteiger partial charge in [0, 0.05) is 54.9 Å². The number of hydrogen-bond donors (Lipinski definition) is 1. The van der Waals surface area contributed by atoms with Gasteiger partial charge in [-0.1, -0.05) is 18.5 Å². The van der Waals surface area contributed by atoms with Crippen molar-refractivity contribution in [2.24, 2.45) is 0 Å². The number of pyridine rings is 1. The number of amides is 1. The Labute approximate surface area is 171 Å². The maximum Gasteiger partial charge on any atom is 0.410 e. The van der Waals surface area contributed by atoms with Gasteiger partial charge in [0.1, 0.15) is 11.4 Å². The molecular formula is C21H29ClN4O2. The van der Waals surface area contributed by atoms with Gasteiger partial charge in [-0.25, -0.2) is 9.78 Å². The third-order valence-electron chi connectivity index (χ3n) is 4.58. The van der Waals surface area contributed by atoms with Gasteiger partial charge in [-0.15, -0.1) is 0 Å². The summed E-state index contributed by atoms with van der Waals surface area (Å²) >= 11 is 6.19. The number of fused-ring (bicyclic) bond motifs is 1. The van der Waals surface area contributed by atoms with Crippen molar-refractivity contribution in [3.63, 3.8) is 0 Å². The lowest BCUT2D eigenvalue weighted by Gasteiger charge is -2.37. The molecule has 0 saturated carbocycles. The third-order valence-corrected chi connectivity index (χ3v) is 4.81. The number of ether oxygens (including phenoxy) is 1. The molecule has 0 spiro atoms. The van der Waals surface area contributed by atoms with Crippen LogP contribution in [0.2, 0.25) is 5.02 Å². The minimum absolute atomic E-state index is 0.246. The van der Waals surface area contributed by atoms with Gasteiger partial charge in [-0.3, -0.25) is 0 Å². The zero-order chi connectivity index (χ0) is 20.3. The molecule has 1 aromatic heterocycles. The lowest BCUT2D eigenvalue weighted by Crippen LogP contribution is -2.50. The van der Waals surface area contributed by atoms with Crippen LogP contribution in [0, 0.1) is 0 Å². The molecule has 2 aromatic rings. The van der Waals surface area contributed by atoms with E-state index in [1.807, 2.05) is 39.0 Å². The first-order valence-electron chi connectivity index (χ1n) is 9.84. The molecule has 1 aromatic carbocycles. The van der Waals surface area contributed by atoms with Crippen molar-refractivity contribution in [1.82, 2.24) is 9.88 Å². The molecule has 0 aliphatic carbocycles. The van der Waals surface area contributed by atoms with Crippen molar-refractivity contribution in [3.8, 4) is 0 Å². The number of halogens is 1. The molecule has 6 nitrogen and oxygen atoms in total. The van der Waals surface area contributed by atoms with Crippen LogP contribution < -0.4 is 10.2 Å². The Morgan fingerprint density at radius 1 is 1.21 bits per heavy atom. The fraction of sp³-hybridized carbons (Fsp3) is 0.524. The minimum atomic E-state index is -0.478. The summed E-state index contributed by atoms with van der Waals surface area (Å²) < 4.78 is 5.50. The van der Waals surface area contributed by atoms with Gasteiger partial charge < -0.3 is 19.9 Å². The van der Waals surface area contributed by atoms with E-state index in [0.29, 0.717) is 18.1 Å². The molecule has 1 fully saturated rings. The summed E-state index contributed by atoms with van der Waals surface area (Å²) in [6.45, 7) is 11.4. The molecule has 1 aliphatic rings. The van der Waals surface area contributed by atoms with E-state index in [9.17, 15) is 4.79 Å². The van der Waals surface area contributed by atoms with E-state index in [4.69, 9.17) is 21.3 Å². The molecule has 1 amide bonds. The van der Waals surface area contributed by atoms with Crippen molar-refractivity contribution in [2.45, 2.75) is 39.7 Å². The summed E-state index contributed by atoms with van der Waals surface area (Å²) in [4.78, 5) is 21.1. The topological polar surface area (TPSA) is 57.7 Å². The summed E-state index contributed by atoms with van der Waals surface area (Å²) in [6, 6.07) is 7.90. The first kappa shape index (κ1) is 20.5. The molecule has 1 N–H and O–H groups in total. The summed E-state index contributed by atoms with van der Waals surface area (Å²) in [7, 11) is 0. The van der Waals surface area contributed by atoms with E-state index in [2.05, 4.69) is 23.2 Å². The molecule has 0 bridgehead atoms. The van der Waals surface area contributed by atoms with Crippen molar-refractivity contribution >= 4 is 40.1 Å². The van der Waals surface area contributed by atoms with E-state index in [0.717, 1.165) is 48.5 Å². The molecule has 0 unspecified atom stereocenters. The maximum atomic E-state index is 12.3. The molecule has 1 saturated heterocycles. The number of piperazine rings is 1. The van der Waals surface area contributed by atoms with Crippen molar-refractivity contribution < 1.29 is 9.53 Å². The van der Waals surface area contributed by atoms with Crippen LogP contribution in [0.3, 0.4) is 0 Å². The van der Waals surface area contributed by atoms with E-state index in [1.54, 1.807) is 4.90 Å². The maximum absolute atomic E-state index is 12.3. The van der Waals surface area contributed by atoms with Crippen LogP contribution in [0.1, 0.15) is 34.1 Å². The van der Waals surface area contributed by atoms with Gasteiger partial charge in [0.25, 0.3) is 0 Å². The highest BCUT2D eigenvalue weighted by Crippen LogP contribution is 2.31. The SMILES string of the molecule is CCCNc1cc(N2CCN(C(=O)OC(C)(C)C)CC2)c2ccc(Cl)cc2n1. The number of benzene rings is 1. The molecule has 0 atom stereocenters. The third kappa shape index (κ3) is 4.98. The summed E-state index contributed by atoms with van der Waals surface area (Å²) in [5.41, 5.74) is 1.51. The smallest absolute Gasteiger partial charge is 0.410 e. The zero-order valence-electron chi connectivity index (χ0n) is 17.1. The van der Waals surface area contributed by atoms with Crippen LogP contribution in [0.4, 0.5) is 16.3 Å². The van der Waals surface area contributed by atoms with Crippen LogP contribution in [0.5, 0.6) is 0 Å². The monoisotopic (exact) mass is 404 g/mol. The first-order chi connectivity index (χ1) is 13.3. The van der Waals surface area contributed by atoms with Gasteiger partial charge >= 0.3 is 6.09 Å². The van der Waals surface area contributed by atoms with Crippen LogP contribution >= 0.6 is 11.6 Å². The Balaban J connectivity index is 1.80. The highest BCUT2D eigenvalue weighted by atomic mass is 35.5. The average Bonchev–Trinajstić information content (AvgIpc) is 2.64. The largest absolute Gasteiger partial charge is 0.444 e. The second-order valence-corrected chi connectivity index (χ2v) is 8.51. The fourth-order valence-electron chi connectivity index (χ4n) is 3.24. The molecule has 152 valence electrons. The predicted octanol–water partition coefficient (Wildman–Crippen LogP) is 4.77. The average molecular weight is 405 g/mol. The molecule has 3 rings (SSSR count). The van der Waals surface area contributed by atoms with Crippen LogP contribution in [-0.2, 0) is 4.74 Å². The van der Waals surface area contributed by atoms with Gasteiger partial charge in [0.2, 0.25) is 0 Å². The van der Waals surface area contributed by atoms with Gasteiger partial charge in [0.05, 0.1) is 5.52 Å². The normalized spacial score (nSPS) is 15.0. The molecular weight excluding hydrogens is 376 g/mol. The minimum Gasteiger partial charge on any atom is -0.444 e. The van der Waals surface area contributed by atoms with Crippen molar-refractivity contribution in [1.29, 1.82) is 0 Å². The second kappa shape index (κ2) is 8.43. The van der Waals surface area contributed by atoms with Crippen LogP contribution in [0.25, 0.3) is 10.9 Å². The lowest BCUT2D eigenvalue weighted by atomic mass is 10.1. The Morgan fingerprint density at radius 2 is 1.93 bits per heavy atom. The molecule has 0 radical (unpaired) electrons. The van der Waals surface area contributed by atoms with E-state index in [-0.39, 0.29) is 6.09 Å². The summed E-state index contributed by atoms with van der Waals surface area (Å²) in [5.74, 6) is 0.848. The number of rotatable bonds is 4. The van der Waals surface area contributed by atoms with E-state index < -0.39 is 5.60 Å². The van der Waals surface area contributed by atoms with Gasteiger partial charge in [0.15, 0.2) is 0 Å². The number of anilines is 2. The highest BCUT2D eigenvalue weighted by Gasteiger charge is 2.26. The van der Waals surface area contributed by atoms with E-state index >= 15 is 0 Å². The molecule has 1 aliphatic heterocycles. The van der Waals surface area contributed by atoms with Crippen molar-refractivity contribution in [3.05, 3.63) is 29.3 Å². The zero-order valence-corrected chi connectivity index (χ0v) is 17.8. The predicted molar refractivity (Wildman–Crippen MR) is 116 cm³/mol. The van der Waals surface area contributed by atoms with Gasteiger partial charge in [-0.2, -0.15) is 0 Å². The van der Waals surface area contributed by atoms with Crippen LogP contribution in [0.15, 0.2) is 24.3 Å². The Morgan fingerprint density at radius 3 is 2.57 bits per heavy atom. The Bertz CT molecular complexity index is 842.